The van der Waals surface area contributed by atoms with Crippen molar-refractivity contribution in [2.45, 2.75) is 19.4 Å². The van der Waals surface area contributed by atoms with Crippen molar-refractivity contribution in [3.05, 3.63) is 33.3 Å². The van der Waals surface area contributed by atoms with Gasteiger partial charge in [-0.25, -0.2) is 8.78 Å². The van der Waals surface area contributed by atoms with Gasteiger partial charge in [-0.15, -0.1) is 0 Å². The Bertz CT molecular complexity index is 425. The van der Waals surface area contributed by atoms with Crippen LogP contribution in [0.1, 0.15) is 24.1 Å². The molecule has 1 atom stereocenters. The van der Waals surface area contributed by atoms with Crippen molar-refractivity contribution in [2.24, 2.45) is 0 Å². The maximum atomic E-state index is 14.1. The molecule has 17 heavy (non-hydrogen) atoms. The van der Waals surface area contributed by atoms with Gasteiger partial charge in [-0.05, 0) is 40.5 Å². The summed E-state index contributed by atoms with van der Waals surface area (Å²) in [5, 5.41) is 3.12. The molecule has 1 N–H and O–H groups in total. The van der Waals surface area contributed by atoms with Gasteiger partial charge in [0.1, 0.15) is 11.6 Å². The molecule has 0 radical (unpaired) electrons. The predicted molar refractivity (Wildman–Crippen MR) is 65.0 cm³/mol. The first-order valence-corrected chi connectivity index (χ1v) is 6.41. The molecule has 0 saturated carbocycles. The summed E-state index contributed by atoms with van der Waals surface area (Å²) in [6, 6.07) is 0.896. The zero-order chi connectivity index (χ0) is 12.4. The van der Waals surface area contributed by atoms with Crippen molar-refractivity contribution in [1.29, 1.82) is 0 Å². The van der Waals surface area contributed by atoms with E-state index in [0.29, 0.717) is 37.3 Å². The molecule has 0 aromatic heterocycles. The summed E-state index contributed by atoms with van der Waals surface area (Å²) in [4.78, 5) is 0. The van der Waals surface area contributed by atoms with Crippen LogP contribution in [0.5, 0.6) is 0 Å². The van der Waals surface area contributed by atoms with Crippen molar-refractivity contribution in [1.82, 2.24) is 5.32 Å². The molecule has 2 rings (SSSR count). The molecule has 94 valence electrons. The number of halogens is 3. The van der Waals surface area contributed by atoms with Gasteiger partial charge in [0.25, 0.3) is 0 Å². The largest absolute Gasteiger partial charge is 0.379 e. The second-order valence-corrected chi connectivity index (χ2v) is 4.84. The molecule has 0 fully saturated rings. The Balaban J connectivity index is 2.54. The third-order valence-corrected chi connectivity index (χ3v) is 3.47. The van der Waals surface area contributed by atoms with Crippen LogP contribution in [0.25, 0.3) is 0 Å². The van der Waals surface area contributed by atoms with Crippen LogP contribution in [0.4, 0.5) is 8.78 Å². The number of ether oxygens (including phenoxy) is 1. The fourth-order valence-electron chi connectivity index (χ4n) is 2.14. The van der Waals surface area contributed by atoms with Gasteiger partial charge in [0.05, 0.1) is 23.7 Å². The van der Waals surface area contributed by atoms with Gasteiger partial charge in [-0.1, -0.05) is 6.92 Å². The minimum absolute atomic E-state index is 0.165. The van der Waals surface area contributed by atoms with Crippen LogP contribution in [-0.2, 0) is 11.2 Å². The summed E-state index contributed by atoms with van der Waals surface area (Å²) in [6.45, 7) is 3.40. The molecule has 5 heteroatoms. The Labute approximate surface area is 107 Å². The summed E-state index contributed by atoms with van der Waals surface area (Å²) in [5.74, 6) is -0.764. The minimum Gasteiger partial charge on any atom is -0.379 e. The van der Waals surface area contributed by atoms with Gasteiger partial charge in [-0.2, -0.15) is 0 Å². The van der Waals surface area contributed by atoms with Crippen molar-refractivity contribution in [3.63, 3.8) is 0 Å². The van der Waals surface area contributed by atoms with E-state index in [-0.39, 0.29) is 16.3 Å². The SMILES string of the molecule is CCNC1COCCc2c(F)cc(Br)c(F)c21. The number of nitrogens with one attached hydrogen (secondary N) is 1. The summed E-state index contributed by atoms with van der Waals surface area (Å²) in [5.41, 5.74) is 0.824. The predicted octanol–water partition coefficient (Wildman–Crippen LogP) is 2.95. The van der Waals surface area contributed by atoms with Crippen molar-refractivity contribution in [3.8, 4) is 0 Å². The molecule has 0 saturated heterocycles. The Morgan fingerprint density at radius 2 is 2.29 bits per heavy atom. The van der Waals surface area contributed by atoms with Gasteiger partial charge < -0.3 is 10.1 Å². The number of likely N-dealkylation sites (N-methyl/N-ethyl adjacent to an activating group) is 1. The zero-order valence-electron chi connectivity index (χ0n) is 9.53. The fraction of sp³-hybridized carbons (Fsp3) is 0.500. The van der Waals surface area contributed by atoms with Crippen LogP contribution >= 0.6 is 15.9 Å². The summed E-state index contributed by atoms with van der Waals surface area (Å²) in [7, 11) is 0. The highest BCUT2D eigenvalue weighted by Crippen LogP contribution is 2.32. The Morgan fingerprint density at radius 3 is 3.00 bits per heavy atom. The van der Waals surface area contributed by atoms with Gasteiger partial charge in [-0.3, -0.25) is 0 Å². The number of fused-ring (bicyclic) bond motifs is 1. The van der Waals surface area contributed by atoms with E-state index in [1.165, 1.54) is 6.07 Å². The van der Waals surface area contributed by atoms with Crippen LogP contribution in [0.15, 0.2) is 10.5 Å². The van der Waals surface area contributed by atoms with Crippen LogP contribution in [-0.4, -0.2) is 19.8 Å². The van der Waals surface area contributed by atoms with E-state index >= 15 is 0 Å². The van der Waals surface area contributed by atoms with Crippen molar-refractivity contribution in [2.75, 3.05) is 19.8 Å². The Hall–Kier alpha value is -0.520. The highest BCUT2D eigenvalue weighted by molar-refractivity contribution is 9.10. The van der Waals surface area contributed by atoms with E-state index in [1.54, 1.807) is 0 Å². The Morgan fingerprint density at radius 1 is 1.53 bits per heavy atom. The number of benzene rings is 1. The van der Waals surface area contributed by atoms with Crippen LogP contribution in [0.2, 0.25) is 0 Å². The van der Waals surface area contributed by atoms with Gasteiger partial charge in [0.15, 0.2) is 0 Å². The summed E-state index contributed by atoms with van der Waals surface area (Å²) in [6.07, 6.45) is 0.410. The first kappa shape index (κ1) is 12.9. The maximum absolute atomic E-state index is 14.1. The molecule has 1 aromatic rings. The summed E-state index contributed by atoms with van der Waals surface area (Å²) >= 11 is 3.05. The van der Waals surface area contributed by atoms with E-state index in [0.717, 1.165) is 0 Å². The lowest BCUT2D eigenvalue weighted by atomic mass is 9.98. The third-order valence-electron chi connectivity index (χ3n) is 2.89. The molecule has 1 heterocycles. The normalized spacial score (nSPS) is 19.9. The highest BCUT2D eigenvalue weighted by atomic mass is 79.9. The smallest absolute Gasteiger partial charge is 0.142 e. The molecule has 2 nitrogen and oxygen atoms in total. The topological polar surface area (TPSA) is 21.3 Å². The van der Waals surface area contributed by atoms with Gasteiger partial charge in [0, 0.05) is 5.56 Å². The molecular weight excluding hydrogens is 292 g/mol. The molecule has 0 bridgehead atoms. The second-order valence-electron chi connectivity index (χ2n) is 3.98. The molecule has 1 unspecified atom stereocenters. The van der Waals surface area contributed by atoms with E-state index in [9.17, 15) is 8.78 Å². The van der Waals surface area contributed by atoms with Crippen molar-refractivity contribution < 1.29 is 13.5 Å². The van der Waals surface area contributed by atoms with E-state index in [1.807, 2.05) is 6.92 Å². The highest BCUT2D eigenvalue weighted by Gasteiger charge is 2.26. The lowest BCUT2D eigenvalue weighted by Crippen LogP contribution is -2.26. The standard InChI is InChI=1S/C12H14BrF2NO/c1-2-16-10-6-17-4-3-7-9(14)5-8(13)12(15)11(7)10/h5,10,16H,2-4,6H2,1H3. The molecule has 0 aliphatic carbocycles. The minimum atomic E-state index is -0.391. The average molecular weight is 306 g/mol. The molecule has 0 spiro atoms. The van der Waals surface area contributed by atoms with Crippen molar-refractivity contribution >= 4 is 15.9 Å². The molecule has 1 aliphatic rings. The number of rotatable bonds is 2. The molecule has 1 aliphatic heterocycles. The van der Waals surface area contributed by atoms with Crippen LogP contribution in [0.3, 0.4) is 0 Å². The average Bonchev–Trinajstić information content (AvgIpc) is 2.50. The fourth-order valence-corrected chi connectivity index (χ4v) is 2.55. The monoisotopic (exact) mass is 305 g/mol. The molecule has 0 amide bonds. The van der Waals surface area contributed by atoms with Crippen LogP contribution < -0.4 is 5.32 Å². The molecule has 1 aromatic carbocycles. The number of hydrogen-bond acceptors (Lipinski definition) is 2. The maximum Gasteiger partial charge on any atom is 0.142 e. The quantitative estimate of drug-likeness (QED) is 0.848. The van der Waals surface area contributed by atoms with E-state index < -0.39 is 5.82 Å². The third kappa shape index (κ3) is 2.51. The lowest BCUT2D eigenvalue weighted by molar-refractivity contribution is 0.121. The zero-order valence-corrected chi connectivity index (χ0v) is 11.1. The van der Waals surface area contributed by atoms with E-state index in [4.69, 9.17) is 4.74 Å². The summed E-state index contributed by atoms with van der Waals surface area (Å²) < 4.78 is 33.5. The first-order valence-electron chi connectivity index (χ1n) is 5.62. The van der Waals surface area contributed by atoms with Gasteiger partial charge >= 0.3 is 0 Å². The van der Waals surface area contributed by atoms with Gasteiger partial charge in [0.2, 0.25) is 0 Å². The second kappa shape index (κ2) is 5.42. The Kier molecular flexibility index (Phi) is 4.12. The van der Waals surface area contributed by atoms with E-state index in [2.05, 4.69) is 21.2 Å². The lowest BCUT2D eigenvalue weighted by Gasteiger charge is -2.19. The molecular formula is C12H14BrF2NO. The first-order chi connectivity index (χ1) is 8.15. The number of hydrogen-bond donors (Lipinski definition) is 1. The van der Waals surface area contributed by atoms with Crippen LogP contribution in [0, 0.1) is 11.6 Å².